The maximum atomic E-state index is 12.5. The van der Waals surface area contributed by atoms with Gasteiger partial charge in [-0.15, -0.1) is 0 Å². The molecule has 0 aromatic rings. The van der Waals surface area contributed by atoms with Crippen molar-refractivity contribution in [2.45, 2.75) is 18.1 Å². The topological polar surface area (TPSA) is 69.9 Å². The first-order valence-corrected chi connectivity index (χ1v) is 2.89. The standard InChI is InChI=1S/C5H9FO4/c6-5(9)2-10-1-3(7)4(5)8/h3-4,7-9H,1-2H2/t3-,4-,5-/m0/s1. The molecule has 0 radical (unpaired) electrons. The van der Waals surface area contributed by atoms with E-state index >= 15 is 0 Å². The minimum Gasteiger partial charge on any atom is -0.388 e. The zero-order valence-electron chi connectivity index (χ0n) is 5.20. The van der Waals surface area contributed by atoms with E-state index in [9.17, 15) is 4.39 Å². The summed E-state index contributed by atoms with van der Waals surface area (Å²) in [6.07, 6.45) is -3.11. The van der Waals surface area contributed by atoms with Gasteiger partial charge in [-0.1, -0.05) is 0 Å². The molecule has 3 N–H and O–H groups in total. The molecule has 5 heteroatoms. The van der Waals surface area contributed by atoms with Crippen LogP contribution in [0, 0.1) is 0 Å². The highest BCUT2D eigenvalue weighted by Crippen LogP contribution is 2.20. The van der Waals surface area contributed by atoms with Crippen LogP contribution in [0.15, 0.2) is 0 Å². The third-order valence-corrected chi connectivity index (χ3v) is 1.41. The van der Waals surface area contributed by atoms with Crippen LogP contribution in [0.4, 0.5) is 4.39 Å². The maximum absolute atomic E-state index is 12.5. The third-order valence-electron chi connectivity index (χ3n) is 1.41. The summed E-state index contributed by atoms with van der Waals surface area (Å²) < 4.78 is 17.0. The monoisotopic (exact) mass is 152 g/mol. The molecule has 60 valence electrons. The summed E-state index contributed by atoms with van der Waals surface area (Å²) in [5, 5.41) is 26.1. The van der Waals surface area contributed by atoms with Gasteiger partial charge in [-0.2, -0.15) is 0 Å². The predicted molar refractivity (Wildman–Crippen MR) is 28.9 cm³/mol. The Morgan fingerprint density at radius 3 is 2.50 bits per heavy atom. The molecule has 3 atom stereocenters. The third kappa shape index (κ3) is 1.27. The summed E-state index contributed by atoms with van der Waals surface area (Å²) >= 11 is 0. The number of alkyl halides is 1. The van der Waals surface area contributed by atoms with E-state index in [0.717, 1.165) is 0 Å². The fraction of sp³-hybridized carbons (Fsp3) is 1.00. The fourth-order valence-electron chi connectivity index (χ4n) is 0.794. The molecular weight excluding hydrogens is 143 g/mol. The van der Waals surface area contributed by atoms with E-state index in [2.05, 4.69) is 4.74 Å². The average Bonchev–Trinajstić information content (AvgIpc) is 1.83. The molecule has 0 aromatic heterocycles. The van der Waals surface area contributed by atoms with Crippen LogP contribution in [0.1, 0.15) is 0 Å². The lowest BCUT2D eigenvalue weighted by Crippen LogP contribution is -2.54. The first kappa shape index (κ1) is 7.87. The van der Waals surface area contributed by atoms with E-state index in [1.165, 1.54) is 0 Å². The molecule has 10 heavy (non-hydrogen) atoms. The second-order valence-electron chi connectivity index (χ2n) is 2.35. The van der Waals surface area contributed by atoms with Crippen LogP contribution in [0.3, 0.4) is 0 Å². The van der Waals surface area contributed by atoms with E-state index in [0.29, 0.717) is 0 Å². The molecule has 1 aliphatic heterocycles. The van der Waals surface area contributed by atoms with Gasteiger partial charge in [0.2, 0.25) is 0 Å². The molecule has 1 aliphatic rings. The largest absolute Gasteiger partial charge is 0.388 e. The van der Waals surface area contributed by atoms with Gasteiger partial charge in [0.25, 0.3) is 5.85 Å². The van der Waals surface area contributed by atoms with E-state index in [4.69, 9.17) is 15.3 Å². The van der Waals surface area contributed by atoms with Gasteiger partial charge in [0.05, 0.1) is 6.61 Å². The lowest BCUT2D eigenvalue weighted by molar-refractivity contribution is -0.263. The smallest absolute Gasteiger partial charge is 0.259 e. The number of aliphatic hydroxyl groups excluding tert-OH is 2. The Labute approximate surface area is 56.9 Å². The van der Waals surface area contributed by atoms with Gasteiger partial charge in [-0.25, -0.2) is 4.39 Å². The Morgan fingerprint density at radius 1 is 1.50 bits per heavy atom. The van der Waals surface area contributed by atoms with Gasteiger partial charge >= 0.3 is 0 Å². The first-order valence-electron chi connectivity index (χ1n) is 2.89. The van der Waals surface area contributed by atoms with E-state index in [1.54, 1.807) is 0 Å². The molecule has 0 bridgehead atoms. The van der Waals surface area contributed by atoms with Crippen LogP contribution in [0.2, 0.25) is 0 Å². The van der Waals surface area contributed by atoms with Crippen molar-refractivity contribution in [3.63, 3.8) is 0 Å². The molecular formula is C5H9FO4. The quantitative estimate of drug-likeness (QED) is 0.391. The number of rotatable bonds is 0. The van der Waals surface area contributed by atoms with Crippen LogP contribution < -0.4 is 0 Å². The molecule has 0 amide bonds. The predicted octanol–water partition coefficient (Wildman–Crippen LogP) is -1.60. The van der Waals surface area contributed by atoms with Crippen LogP contribution in [0.5, 0.6) is 0 Å². The Balaban J connectivity index is 2.60. The van der Waals surface area contributed by atoms with Crippen LogP contribution in [-0.2, 0) is 4.74 Å². The van der Waals surface area contributed by atoms with Crippen LogP contribution in [-0.4, -0.2) is 46.6 Å². The van der Waals surface area contributed by atoms with Gasteiger partial charge in [-0.05, 0) is 0 Å². The van der Waals surface area contributed by atoms with Gasteiger partial charge in [0, 0.05) is 0 Å². The highest BCUT2D eigenvalue weighted by molar-refractivity contribution is 4.85. The van der Waals surface area contributed by atoms with Crippen molar-refractivity contribution in [1.82, 2.24) is 0 Å². The molecule has 0 unspecified atom stereocenters. The maximum Gasteiger partial charge on any atom is 0.259 e. The number of halogens is 1. The van der Waals surface area contributed by atoms with Crippen molar-refractivity contribution in [2.75, 3.05) is 13.2 Å². The number of aliphatic hydroxyl groups is 3. The van der Waals surface area contributed by atoms with Crippen molar-refractivity contribution in [3.05, 3.63) is 0 Å². The molecule has 0 spiro atoms. The molecule has 1 heterocycles. The summed E-state index contributed by atoms with van der Waals surface area (Å²) in [6, 6.07) is 0. The number of ether oxygens (including phenoxy) is 1. The van der Waals surface area contributed by atoms with E-state index in [1.807, 2.05) is 0 Å². The molecule has 1 rings (SSSR count). The van der Waals surface area contributed by atoms with Gasteiger partial charge in [0.1, 0.15) is 18.8 Å². The van der Waals surface area contributed by atoms with Gasteiger partial charge in [-0.3, -0.25) is 0 Å². The molecule has 0 aliphatic carbocycles. The lowest BCUT2D eigenvalue weighted by atomic mass is 10.1. The second kappa shape index (κ2) is 2.43. The molecule has 1 saturated heterocycles. The summed E-state index contributed by atoms with van der Waals surface area (Å²) in [4.78, 5) is 0. The Bertz CT molecular complexity index is 127. The zero-order valence-corrected chi connectivity index (χ0v) is 5.20. The van der Waals surface area contributed by atoms with Crippen LogP contribution >= 0.6 is 0 Å². The van der Waals surface area contributed by atoms with Crippen molar-refractivity contribution >= 4 is 0 Å². The molecule has 0 saturated carbocycles. The minimum atomic E-state index is -2.81. The molecule has 1 fully saturated rings. The summed E-state index contributed by atoms with van der Waals surface area (Å²) in [5.41, 5.74) is 0. The zero-order chi connectivity index (χ0) is 7.78. The van der Waals surface area contributed by atoms with E-state index in [-0.39, 0.29) is 6.61 Å². The van der Waals surface area contributed by atoms with Gasteiger partial charge in [0.15, 0.2) is 0 Å². The first-order chi connectivity index (χ1) is 4.54. The highest BCUT2D eigenvalue weighted by atomic mass is 19.2. The SMILES string of the molecule is O[C@H]1COC[C@@](O)(F)[C@H]1O. The normalized spacial score (nSPS) is 49.2. The van der Waals surface area contributed by atoms with E-state index < -0.39 is 24.7 Å². The van der Waals surface area contributed by atoms with Crippen molar-refractivity contribution in [2.24, 2.45) is 0 Å². The molecule has 0 aromatic carbocycles. The van der Waals surface area contributed by atoms with Crippen molar-refractivity contribution < 1.29 is 24.4 Å². The number of hydrogen-bond acceptors (Lipinski definition) is 4. The second-order valence-corrected chi connectivity index (χ2v) is 2.35. The Kier molecular flexibility index (Phi) is 1.91. The van der Waals surface area contributed by atoms with Crippen molar-refractivity contribution in [3.8, 4) is 0 Å². The lowest BCUT2D eigenvalue weighted by Gasteiger charge is -2.32. The minimum absolute atomic E-state index is 0.145. The van der Waals surface area contributed by atoms with Gasteiger partial charge < -0.3 is 20.1 Å². The summed E-state index contributed by atoms with van der Waals surface area (Å²) in [7, 11) is 0. The molecule has 4 nitrogen and oxygen atoms in total. The number of hydrogen-bond donors (Lipinski definition) is 3. The summed E-state index contributed by atoms with van der Waals surface area (Å²) in [5.74, 6) is -2.81. The average molecular weight is 152 g/mol. The Hall–Kier alpha value is -0.230. The summed E-state index contributed by atoms with van der Waals surface area (Å²) in [6.45, 7) is -0.737. The van der Waals surface area contributed by atoms with Crippen molar-refractivity contribution in [1.29, 1.82) is 0 Å². The van der Waals surface area contributed by atoms with Crippen LogP contribution in [0.25, 0.3) is 0 Å². The Morgan fingerprint density at radius 2 is 2.10 bits per heavy atom. The fourth-order valence-corrected chi connectivity index (χ4v) is 0.794. The highest BCUT2D eigenvalue weighted by Gasteiger charge is 2.44.